The fraction of sp³-hybridized carbons (Fsp3) is 0.0870. The third-order valence-corrected chi connectivity index (χ3v) is 3.08. The molecule has 0 unspecified atom stereocenters. The van der Waals surface area contributed by atoms with Crippen LogP contribution in [-0.4, -0.2) is 0 Å². The first-order chi connectivity index (χ1) is 10.7. The molecular formula is C23H24Ti. The zero-order valence-corrected chi connectivity index (χ0v) is 16.2. The number of rotatable bonds is 0. The second kappa shape index (κ2) is 11.6. The van der Waals surface area contributed by atoms with Gasteiger partial charge in [0.1, 0.15) is 0 Å². The van der Waals surface area contributed by atoms with Crippen LogP contribution in [0, 0.1) is 14.0 Å². The Hall–Kier alpha value is -1.89. The maximum absolute atomic E-state index is 5.03. The van der Waals surface area contributed by atoms with E-state index in [0.29, 0.717) is 0 Å². The number of benzene rings is 2. The summed E-state index contributed by atoms with van der Waals surface area (Å²) < 4.78 is 0. The molecule has 0 aliphatic carbocycles. The number of fused-ring (bicyclic) bond motifs is 3. The SMILES string of the molecule is [CH-]=C(C)C.[CH3-].[Ti+4].c1cc[cH-]c1.c1ccc2c(c1)[cH-]c1ccccc12. The average molecular weight is 348 g/mol. The summed E-state index contributed by atoms with van der Waals surface area (Å²) in [5, 5.41) is 5.39. The first-order valence-corrected chi connectivity index (χ1v) is 7.44. The molecule has 0 amide bonds. The van der Waals surface area contributed by atoms with Gasteiger partial charge in [-0.15, -0.1) is 39.7 Å². The summed E-state index contributed by atoms with van der Waals surface area (Å²) in [7, 11) is 0. The van der Waals surface area contributed by atoms with Gasteiger partial charge in [0, 0.05) is 0 Å². The molecule has 0 heterocycles. The van der Waals surface area contributed by atoms with Crippen molar-refractivity contribution in [2.24, 2.45) is 0 Å². The molecule has 0 aliphatic rings. The molecule has 0 nitrogen and oxygen atoms in total. The predicted molar refractivity (Wildman–Crippen MR) is 105 cm³/mol. The average Bonchev–Trinajstić information content (AvgIpc) is 3.18. The summed E-state index contributed by atoms with van der Waals surface area (Å²) in [4.78, 5) is 0. The normalized spacial score (nSPS) is 8.75. The predicted octanol–water partition coefficient (Wildman–Crippen LogP) is 6.95. The van der Waals surface area contributed by atoms with E-state index in [-0.39, 0.29) is 29.1 Å². The van der Waals surface area contributed by atoms with Crippen LogP contribution in [0.5, 0.6) is 0 Å². The van der Waals surface area contributed by atoms with Crippen LogP contribution in [0.2, 0.25) is 0 Å². The van der Waals surface area contributed by atoms with Crippen LogP contribution in [-0.2, 0) is 21.7 Å². The standard InChI is InChI=1S/C13H9.C5H5.C4H7.CH3.Ti/c1-3-7-12-10(5-1)9-11-6-2-4-8-13(11)12;1-2-4-5-3-1;1-4(2)3;;/h1-9H;1-5H;1H,2-3H3;1H3;/q4*-1;+4. The van der Waals surface area contributed by atoms with E-state index in [1.54, 1.807) is 0 Å². The van der Waals surface area contributed by atoms with Gasteiger partial charge in [-0.3, -0.25) is 5.57 Å². The second-order valence-electron chi connectivity index (χ2n) is 5.36. The Labute approximate surface area is 161 Å². The van der Waals surface area contributed by atoms with E-state index in [1.165, 1.54) is 21.5 Å². The molecule has 4 rings (SSSR count). The van der Waals surface area contributed by atoms with Gasteiger partial charge < -0.3 is 14.0 Å². The van der Waals surface area contributed by atoms with Gasteiger partial charge in [0.05, 0.1) is 0 Å². The molecular weight excluding hydrogens is 324 g/mol. The monoisotopic (exact) mass is 348 g/mol. The number of hydrogen-bond donors (Lipinski definition) is 0. The zero-order chi connectivity index (χ0) is 15.8. The third kappa shape index (κ3) is 6.70. The van der Waals surface area contributed by atoms with Crippen molar-refractivity contribution in [2.75, 3.05) is 0 Å². The van der Waals surface area contributed by atoms with Gasteiger partial charge >= 0.3 is 21.7 Å². The van der Waals surface area contributed by atoms with Crippen molar-refractivity contribution in [1.29, 1.82) is 0 Å². The molecule has 0 bridgehead atoms. The molecule has 0 atom stereocenters. The molecule has 4 aromatic carbocycles. The summed E-state index contributed by atoms with van der Waals surface area (Å²) in [6.07, 6.45) is 0. The molecule has 0 saturated heterocycles. The van der Waals surface area contributed by atoms with E-state index >= 15 is 0 Å². The van der Waals surface area contributed by atoms with Gasteiger partial charge in [0.15, 0.2) is 0 Å². The number of allylic oxidation sites excluding steroid dienone is 1. The van der Waals surface area contributed by atoms with Crippen molar-refractivity contribution in [2.45, 2.75) is 13.8 Å². The molecule has 4 aromatic rings. The van der Waals surface area contributed by atoms with E-state index in [1.807, 2.05) is 44.2 Å². The molecule has 0 saturated carbocycles. The largest absolute Gasteiger partial charge is 4.00 e. The van der Waals surface area contributed by atoms with Crippen molar-refractivity contribution >= 4 is 21.5 Å². The van der Waals surface area contributed by atoms with Crippen LogP contribution in [0.1, 0.15) is 13.8 Å². The van der Waals surface area contributed by atoms with Gasteiger partial charge in [0.25, 0.3) is 0 Å². The molecule has 0 spiro atoms. The van der Waals surface area contributed by atoms with Gasteiger partial charge in [-0.05, 0) is 0 Å². The van der Waals surface area contributed by atoms with Gasteiger partial charge in [-0.2, -0.15) is 18.2 Å². The Kier molecular flexibility index (Phi) is 10.7. The number of hydrogen-bond acceptors (Lipinski definition) is 0. The van der Waals surface area contributed by atoms with Crippen molar-refractivity contribution in [1.82, 2.24) is 0 Å². The molecule has 1 heteroatoms. The van der Waals surface area contributed by atoms with E-state index in [0.717, 1.165) is 5.57 Å². The van der Waals surface area contributed by atoms with Crippen LogP contribution in [0.4, 0.5) is 0 Å². The summed E-state index contributed by atoms with van der Waals surface area (Å²) in [5.74, 6) is 0. The molecule has 0 radical (unpaired) electrons. The Balaban J connectivity index is 0.000000409. The van der Waals surface area contributed by atoms with Crippen LogP contribution < -0.4 is 0 Å². The Morgan fingerprint density at radius 1 is 0.750 bits per heavy atom. The minimum Gasteiger partial charge on any atom is -0.515 e. The molecule has 0 N–H and O–H groups in total. The third-order valence-electron chi connectivity index (χ3n) is 3.08. The molecule has 0 fully saturated rings. The fourth-order valence-corrected chi connectivity index (χ4v) is 2.22. The van der Waals surface area contributed by atoms with Gasteiger partial charge in [-0.1, -0.05) is 50.2 Å². The van der Waals surface area contributed by atoms with Crippen LogP contribution >= 0.6 is 0 Å². The topological polar surface area (TPSA) is 0 Å². The van der Waals surface area contributed by atoms with E-state index < -0.39 is 0 Å². The maximum Gasteiger partial charge on any atom is 4.00 e. The van der Waals surface area contributed by atoms with E-state index in [2.05, 4.69) is 54.6 Å². The van der Waals surface area contributed by atoms with Crippen molar-refractivity contribution in [3.63, 3.8) is 0 Å². The van der Waals surface area contributed by atoms with E-state index in [4.69, 9.17) is 6.58 Å². The van der Waals surface area contributed by atoms with Crippen molar-refractivity contribution in [3.8, 4) is 0 Å². The minimum atomic E-state index is 0. The summed E-state index contributed by atoms with van der Waals surface area (Å²) >= 11 is 0. The minimum absolute atomic E-state index is 0. The van der Waals surface area contributed by atoms with E-state index in [9.17, 15) is 0 Å². The summed E-state index contributed by atoms with van der Waals surface area (Å²) in [5.41, 5.74) is 0.917. The quantitative estimate of drug-likeness (QED) is 0.238. The molecule has 0 aromatic heterocycles. The molecule has 24 heavy (non-hydrogen) atoms. The first-order valence-electron chi connectivity index (χ1n) is 7.44. The Bertz CT molecular complexity index is 748. The molecule has 120 valence electrons. The Morgan fingerprint density at radius 2 is 1.12 bits per heavy atom. The van der Waals surface area contributed by atoms with Crippen LogP contribution in [0.3, 0.4) is 0 Å². The smallest absolute Gasteiger partial charge is 0.515 e. The second-order valence-corrected chi connectivity index (χ2v) is 5.36. The van der Waals surface area contributed by atoms with Crippen LogP contribution in [0.25, 0.3) is 21.5 Å². The fourth-order valence-electron chi connectivity index (χ4n) is 2.22. The van der Waals surface area contributed by atoms with Crippen LogP contribution in [0.15, 0.2) is 90.5 Å². The summed E-state index contributed by atoms with van der Waals surface area (Å²) in [6.45, 7) is 8.75. The van der Waals surface area contributed by atoms with Crippen molar-refractivity contribution in [3.05, 3.63) is 105 Å². The Morgan fingerprint density at radius 3 is 1.46 bits per heavy atom. The first kappa shape index (κ1) is 22.1. The van der Waals surface area contributed by atoms with Gasteiger partial charge in [-0.25, -0.2) is 12.1 Å². The zero-order valence-electron chi connectivity index (χ0n) is 14.7. The maximum atomic E-state index is 5.03. The van der Waals surface area contributed by atoms with Gasteiger partial charge in [0.2, 0.25) is 0 Å². The molecule has 0 aliphatic heterocycles. The van der Waals surface area contributed by atoms with Crippen molar-refractivity contribution < 1.29 is 21.7 Å². The summed E-state index contributed by atoms with van der Waals surface area (Å²) in [6, 6.07) is 29.3.